The van der Waals surface area contributed by atoms with Crippen LogP contribution in [0.15, 0.2) is 10.2 Å². The van der Waals surface area contributed by atoms with Crippen LogP contribution in [-0.4, -0.2) is 242 Å². The fourth-order valence-electron chi connectivity index (χ4n) is 9.54. The number of quaternary nitrogens is 3. The quantitative estimate of drug-likeness (QED) is 0.0927. The number of halogens is 4. The lowest BCUT2D eigenvalue weighted by Gasteiger charge is -2.50. The van der Waals surface area contributed by atoms with Crippen molar-refractivity contribution in [3.8, 4) is 0 Å². The predicted molar refractivity (Wildman–Crippen MR) is 248 cm³/mol. The van der Waals surface area contributed by atoms with E-state index in [1.165, 1.54) is 203 Å². The lowest BCUT2D eigenvalue weighted by atomic mass is 10.1. The summed E-state index contributed by atoms with van der Waals surface area (Å²) >= 11 is 10.4. The third-order valence-corrected chi connectivity index (χ3v) is 15.6. The van der Waals surface area contributed by atoms with Gasteiger partial charge in [0.15, 0.2) is 0 Å². The van der Waals surface area contributed by atoms with Crippen LogP contribution in [0.3, 0.4) is 0 Å². The van der Waals surface area contributed by atoms with E-state index in [2.05, 4.69) is 106 Å². The summed E-state index contributed by atoms with van der Waals surface area (Å²) in [5.74, 6) is 0. The van der Waals surface area contributed by atoms with Crippen molar-refractivity contribution in [1.82, 2.24) is 24.5 Å². The maximum absolute atomic E-state index is 8.35. The first-order valence-corrected chi connectivity index (χ1v) is 25.5. The van der Waals surface area contributed by atoms with Crippen LogP contribution < -0.4 is 17.0 Å². The van der Waals surface area contributed by atoms with E-state index < -0.39 is 0 Å². The molecule has 0 N–H and O–H groups in total. The van der Waals surface area contributed by atoms with E-state index in [-0.39, 0.29) is 29.1 Å². The highest BCUT2D eigenvalue weighted by Gasteiger charge is 2.40. The molecule has 12 heterocycles. The van der Waals surface area contributed by atoms with Gasteiger partial charge in [0.2, 0.25) is 0 Å². The normalized spacial score (nSPS) is 35.4. The minimum Gasteiger partial charge on any atom is -1.00 e. The molecule has 58 heavy (non-hydrogen) atoms. The standard InChI is InChI=1S/C10H20BrN2.2C10H20N5.C6H12N2.C4H8Br2.BrH/c1-10(11)2-6-13-7-3-12(4-8-13)5-9-13;2*1-10(12-13-11)2-6-15-7-3-14(4-8-15)5-9-15;1-2-8-5-3-7(1)4-6-8;1-4(6)2-3-5;/h10H,2-9H2,1H3;2*10H,2-9H2,1H3;1-6H2;4H,2-3H2,1H3;1H/q3*+1;;;/p-1. The number of hydrogen-bond donors (Lipinski definition) is 0. The van der Waals surface area contributed by atoms with Gasteiger partial charge in [0.25, 0.3) is 0 Å². The molecular formula is C40H80Br4N14+2. The van der Waals surface area contributed by atoms with Crippen LogP contribution in [0.1, 0.15) is 53.4 Å². The van der Waals surface area contributed by atoms with Crippen LogP contribution in [0.25, 0.3) is 20.9 Å². The van der Waals surface area contributed by atoms with Crippen LogP contribution in [0.2, 0.25) is 0 Å². The van der Waals surface area contributed by atoms with Gasteiger partial charge < -0.3 is 30.4 Å². The summed E-state index contributed by atoms with van der Waals surface area (Å²) in [6.45, 7) is 43.7. The molecular weight excluding hydrogens is 996 g/mol. The highest BCUT2D eigenvalue weighted by molar-refractivity contribution is 9.10. The molecule has 0 aromatic carbocycles. The van der Waals surface area contributed by atoms with Crippen LogP contribution in [0.5, 0.6) is 0 Å². The van der Waals surface area contributed by atoms with Gasteiger partial charge in [-0.2, -0.15) is 0 Å². The first kappa shape index (κ1) is 52.6. The van der Waals surface area contributed by atoms with E-state index in [0.29, 0.717) is 9.65 Å². The molecule has 0 saturated carbocycles. The SMILES string of the molecule is C1CN2CCN1CC2.CC(Br)CCBr.CC(Br)CC[N+]12CCN(CC1)CC2.CC(CC[N+]12CCN(CC1)CC2)N=[N+]=[N-].CC(CC[N+]12CCN(CC1)CC2)N=[N+]=[N-].[Br-]. The van der Waals surface area contributed by atoms with E-state index in [0.717, 1.165) is 18.2 Å². The Morgan fingerprint density at radius 2 is 0.690 bits per heavy atom. The molecule has 0 spiro atoms. The van der Waals surface area contributed by atoms with Gasteiger partial charge in [-0.15, -0.1) is 0 Å². The second-order valence-corrected chi connectivity index (χ2v) is 22.3. The fourth-order valence-corrected chi connectivity index (χ4v) is 11.3. The molecule has 12 aliphatic rings. The minimum absolute atomic E-state index is 0. The molecule has 0 aromatic rings. The number of piperazine rings is 12. The smallest absolute Gasteiger partial charge is 0.0916 e. The summed E-state index contributed by atoms with van der Waals surface area (Å²) in [5.41, 5.74) is 16.7. The summed E-state index contributed by atoms with van der Waals surface area (Å²) in [4.78, 5) is 19.9. The molecule has 336 valence electrons. The number of nitrogens with zero attached hydrogens (tertiary/aromatic N) is 14. The van der Waals surface area contributed by atoms with Crippen molar-refractivity contribution in [2.75, 3.05) is 182 Å². The molecule has 12 rings (SSSR count). The number of fused-ring (bicyclic) bond motifs is 12. The Kier molecular flexibility index (Phi) is 24.8. The van der Waals surface area contributed by atoms with E-state index in [4.69, 9.17) is 11.1 Å². The van der Waals surface area contributed by atoms with Gasteiger partial charge in [-0.3, -0.25) is 24.5 Å². The second kappa shape index (κ2) is 27.4. The molecule has 14 nitrogen and oxygen atoms in total. The highest BCUT2D eigenvalue weighted by Crippen LogP contribution is 2.23. The molecule has 0 aliphatic carbocycles. The van der Waals surface area contributed by atoms with E-state index in [1.807, 2.05) is 13.8 Å². The van der Waals surface area contributed by atoms with Gasteiger partial charge in [0.05, 0.1) is 78.5 Å². The summed E-state index contributed by atoms with van der Waals surface area (Å²) in [7, 11) is 0. The third kappa shape index (κ3) is 18.5. The summed E-state index contributed by atoms with van der Waals surface area (Å²) in [6.07, 6.45) is 4.61. The molecule has 4 unspecified atom stereocenters. The van der Waals surface area contributed by atoms with Crippen LogP contribution in [-0.2, 0) is 0 Å². The van der Waals surface area contributed by atoms with Gasteiger partial charge >= 0.3 is 0 Å². The van der Waals surface area contributed by atoms with Crippen LogP contribution in [0, 0.1) is 0 Å². The largest absolute Gasteiger partial charge is 1.00 e. The average Bonchev–Trinajstić information content (AvgIpc) is 3.25. The fraction of sp³-hybridized carbons (Fsp3) is 1.00. The molecule has 4 atom stereocenters. The predicted octanol–water partition coefficient (Wildman–Crippen LogP) is 2.92. The second-order valence-electron chi connectivity index (χ2n) is 18.4. The molecule has 12 fully saturated rings. The molecule has 8 bridgehead atoms. The van der Waals surface area contributed by atoms with Crippen molar-refractivity contribution >= 4 is 47.8 Å². The maximum Gasteiger partial charge on any atom is 0.0916 e. The summed E-state index contributed by atoms with van der Waals surface area (Å²) in [6, 6.07) is 0.310. The highest BCUT2D eigenvalue weighted by atomic mass is 79.9. The Balaban J connectivity index is 0.000000200. The number of alkyl halides is 3. The van der Waals surface area contributed by atoms with E-state index in [9.17, 15) is 0 Å². The van der Waals surface area contributed by atoms with Crippen LogP contribution in [0.4, 0.5) is 0 Å². The number of azide groups is 2. The lowest BCUT2D eigenvalue weighted by Crippen LogP contribution is -3.00. The Labute approximate surface area is 388 Å². The Morgan fingerprint density at radius 3 is 0.879 bits per heavy atom. The monoisotopic (exact) mass is 1070 g/mol. The van der Waals surface area contributed by atoms with Gasteiger partial charge in [-0.1, -0.05) is 85.7 Å². The Hall–Kier alpha value is 0.220. The zero-order chi connectivity index (χ0) is 41.2. The first-order chi connectivity index (χ1) is 27.4. The summed E-state index contributed by atoms with van der Waals surface area (Å²) < 4.78 is 3.94. The van der Waals surface area contributed by atoms with Crippen molar-refractivity contribution in [3.63, 3.8) is 0 Å². The zero-order valence-corrected chi connectivity index (χ0v) is 43.1. The molecule has 12 aliphatic heterocycles. The van der Waals surface area contributed by atoms with E-state index in [1.54, 1.807) is 0 Å². The minimum atomic E-state index is 0. The van der Waals surface area contributed by atoms with Gasteiger partial charge in [-0.25, -0.2) is 0 Å². The zero-order valence-electron chi connectivity index (χ0n) is 36.7. The Morgan fingerprint density at radius 1 is 0.448 bits per heavy atom. The summed E-state index contributed by atoms with van der Waals surface area (Å²) in [5, 5.41) is 8.59. The van der Waals surface area contributed by atoms with E-state index >= 15 is 0 Å². The maximum atomic E-state index is 8.35. The van der Waals surface area contributed by atoms with Gasteiger partial charge in [0.1, 0.15) is 0 Å². The lowest BCUT2D eigenvalue weighted by molar-refractivity contribution is -0.941. The average molecular weight is 1080 g/mol. The van der Waals surface area contributed by atoms with Crippen molar-refractivity contribution < 1.29 is 30.4 Å². The first-order valence-electron chi connectivity index (χ1n) is 22.5. The van der Waals surface area contributed by atoms with Gasteiger partial charge in [-0.05, 0) is 17.5 Å². The van der Waals surface area contributed by atoms with Gasteiger partial charge in [0, 0.05) is 154 Å². The van der Waals surface area contributed by atoms with Crippen molar-refractivity contribution in [2.45, 2.75) is 75.1 Å². The molecule has 12 saturated heterocycles. The molecule has 0 radical (unpaired) electrons. The molecule has 0 aromatic heterocycles. The number of hydrogen-bond acceptors (Lipinski definition) is 7. The van der Waals surface area contributed by atoms with Crippen molar-refractivity contribution in [2.24, 2.45) is 10.2 Å². The topological polar surface area (TPSA) is 114 Å². The molecule has 0 amide bonds. The number of rotatable bonds is 13. The third-order valence-electron chi connectivity index (χ3n) is 14.3. The van der Waals surface area contributed by atoms with Crippen molar-refractivity contribution in [1.29, 1.82) is 0 Å². The Bertz CT molecular complexity index is 1100. The van der Waals surface area contributed by atoms with Crippen molar-refractivity contribution in [3.05, 3.63) is 20.9 Å². The van der Waals surface area contributed by atoms with Crippen LogP contribution >= 0.6 is 47.8 Å². The molecule has 18 heteroatoms.